The molecule has 1 aromatic carbocycles. The molecular formula is C13H16FN3. The summed E-state index contributed by atoms with van der Waals surface area (Å²) in [4.78, 5) is 0. The van der Waals surface area contributed by atoms with Gasteiger partial charge in [-0.1, -0.05) is 17.7 Å². The first-order chi connectivity index (χ1) is 8.19. The van der Waals surface area contributed by atoms with Gasteiger partial charge in [0.05, 0.1) is 11.9 Å². The Morgan fingerprint density at radius 1 is 1.41 bits per heavy atom. The fourth-order valence-electron chi connectivity index (χ4n) is 1.66. The standard InChI is InChI=1S/C13H16FN3/c1-3-17-9-12(8-16-17)15-7-11-6-10(2)4-5-13(11)14/h4-6,8-9,15H,3,7H2,1-2H3. The van der Waals surface area contributed by atoms with E-state index in [1.807, 2.05) is 30.8 Å². The Balaban J connectivity index is 2.04. The van der Waals surface area contributed by atoms with E-state index in [0.717, 1.165) is 17.8 Å². The number of anilines is 1. The van der Waals surface area contributed by atoms with Gasteiger partial charge in [0.2, 0.25) is 0 Å². The number of hydrogen-bond acceptors (Lipinski definition) is 2. The number of benzene rings is 1. The lowest BCUT2D eigenvalue weighted by atomic mass is 10.1. The maximum Gasteiger partial charge on any atom is 0.128 e. The van der Waals surface area contributed by atoms with Gasteiger partial charge in [-0.25, -0.2) is 4.39 Å². The van der Waals surface area contributed by atoms with E-state index in [-0.39, 0.29) is 5.82 Å². The third-order valence-corrected chi connectivity index (χ3v) is 2.64. The summed E-state index contributed by atoms with van der Waals surface area (Å²) >= 11 is 0. The second kappa shape index (κ2) is 4.99. The molecule has 1 heterocycles. The highest BCUT2D eigenvalue weighted by atomic mass is 19.1. The van der Waals surface area contributed by atoms with Gasteiger partial charge in [0.1, 0.15) is 5.82 Å². The molecule has 0 bridgehead atoms. The number of rotatable bonds is 4. The van der Waals surface area contributed by atoms with Crippen molar-refractivity contribution < 1.29 is 4.39 Å². The molecule has 0 saturated carbocycles. The molecule has 90 valence electrons. The number of hydrogen-bond donors (Lipinski definition) is 1. The van der Waals surface area contributed by atoms with E-state index in [2.05, 4.69) is 10.4 Å². The first-order valence-electron chi connectivity index (χ1n) is 5.70. The Hall–Kier alpha value is -1.84. The van der Waals surface area contributed by atoms with Gasteiger partial charge in [-0.15, -0.1) is 0 Å². The zero-order valence-corrected chi connectivity index (χ0v) is 10.1. The van der Waals surface area contributed by atoms with Crippen LogP contribution in [0.5, 0.6) is 0 Å². The number of nitrogens with one attached hydrogen (secondary N) is 1. The summed E-state index contributed by atoms with van der Waals surface area (Å²) in [6, 6.07) is 5.13. The van der Waals surface area contributed by atoms with Gasteiger partial charge in [-0.2, -0.15) is 5.10 Å². The molecule has 1 N–H and O–H groups in total. The average molecular weight is 233 g/mol. The molecule has 17 heavy (non-hydrogen) atoms. The lowest BCUT2D eigenvalue weighted by Gasteiger charge is -2.06. The molecule has 2 rings (SSSR count). The van der Waals surface area contributed by atoms with Crippen molar-refractivity contribution in [3.8, 4) is 0 Å². The van der Waals surface area contributed by atoms with Gasteiger partial charge in [0.15, 0.2) is 0 Å². The van der Waals surface area contributed by atoms with Gasteiger partial charge in [-0.3, -0.25) is 4.68 Å². The van der Waals surface area contributed by atoms with Crippen molar-refractivity contribution in [2.75, 3.05) is 5.32 Å². The monoisotopic (exact) mass is 233 g/mol. The maximum absolute atomic E-state index is 13.5. The van der Waals surface area contributed by atoms with Crippen LogP contribution < -0.4 is 5.32 Å². The molecule has 2 aromatic rings. The lowest BCUT2D eigenvalue weighted by molar-refractivity contribution is 0.612. The van der Waals surface area contributed by atoms with Crippen LogP contribution in [0.4, 0.5) is 10.1 Å². The summed E-state index contributed by atoms with van der Waals surface area (Å²) in [6.07, 6.45) is 3.66. The number of nitrogens with zero attached hydrogens (tertiary/aromatic N) is 2. The molecule has 0 amide bonds. The molecule has 0 spiro atoms. The van der Waals surface area contributed by atoms with Crippen molar-refractivity contribution >= 4 is 5.69 Å². The SMILES string of the molecule is CCn1cc(NCc2cc(C)ccc2F)cn1. The highest BCUT2D eigenvalue weighted by Gasteiger charge is 2.03. The zero-order valence-electron chi connectivity index (χ0n) is 10.1. The Morgan fingerprint density at radius 3 is 2.94 bits per heavy atom. The fraction of sp³-hybridized carbons (Fsp3) is 0.308. The van der Waals surface area contributed by atoms with E-state index in [1.54, 1.807) is 12.3 Å². The van der Waals surface area contributed by atoms with Gasteiger partial charge < -0.3 is 5.32 Å². The summed E-state index contributed by atoms with van der Waals surface area (Å²) in [5.41, 5.74) is 2.65. The van der Waals surface area contributed by atoms with Crippen LogP contribution in [0.1, 0.15) is 18.1 Å². The Labute approximate surface area is 100 Å². The predicted molar refractivity (Wildman–Crippen MR) is 66.4 cm³/mol. The molecule has 0 radical (unpaired) electrons. The second-order valence-electron chi connectivity index (χ2n) is 4.03. The first kappa shape index (κ1) is 11.6. The van der Waals surface area contributed by atoms with Crippen molar-refractivity contribution in [2.24, 2.45) is 0 Å². The minimum absolute atomic E-state index is 0.175. The molecule has 0 aliphatic carbocycles. The molecule has 0 fully saturated rings. The van der Waals surface area contributed by atoms with Crippen molar-refractivity contribution in [3.05, 3.63) is 47.5 Å². The fourth-order valence-corrected chi connectivity index (χ4v) is 1.66. The van der Waals surface area contributed by atoms with E-state index in [1.165, 1.54) is 6.07 Å². The van der Waals surface area contributed by atoms with Gasteiger partial charge in [-0.05, 0) is 19.9 Å². The van der Waals surface area contributed by atoms with Gasteiger partial charge in [0, 0.05) is 24.8 Å². The van der Waals surface area contributed by atoms with E-state index in [0.29, 0.717) is 12.1 Å². The molecule has 0 unspecified atom stereocenters. The normalized spacial score (nSPS) is 10.5. The van der Waals surface area contributed by atoms with Crippen molar-refractivity contribution in [1.82, 2.24) is 9.78 Å². The van der Waals surface area contributed by atoms with Crippen molar-refractivity contribution in [3.63, 3.8) is 0 Å². The minimum Gasteiger partial charge on any atom is -0.378 e. The summed E-state index contributed by atoms with van der Waals surface area (Å²) in [6.45, 7) is 5.29. The molecule has 0 saturated heterocycles. The first-order valence-corrected chi connectivity index (χ1v) is 5.70. The Kier molecular flexibility index (Phi) is 3.42. The van der Waals surface area contributed by atoms with Crippen LogP contribution in [0.3, 0.4) is 0 Å². The summed E-state index contributed by atoms with van der Waals surface area (Å²) in [5, 5.41) is 7.31. The van der Waals surface area contributed by atoms with Crippen LogP contribution in [0.15, 0.2) is 30.6 Å². The van der Waals surface area contributed by atoms with E-state index in [4.69, 9.17) is 0 Å². The van der Waals surface area contributed by atoms with Crippen LogP contribution in [0.25, 0.3) is 0 Å². The smallest absolute Gasteiger partial charge is 0.128 e. The average Bonchev–Trinajstić information content (AvgIpc) is 2.78. The van der Waals surface area contributed by atoms with E-state index < -0.39 is 0 Å². The van der Waals surface area contributed by atoms with Crippen LogP contribution in [-0.2, 0) is 13.1 Å². The van der Waals surface area contributed by atoms with Crippen LogP contribution >= 0.6 is 0 Å². The molecular weight excluding hydrogens is 217 g/mol. The van der Waals surface area contributed by atoms with E-state index >= 15 is 0 Å². The summed E-state index contributed by atoms with van der Waals surface area (Å²) in [5.74, 6) is -0.175. The number of aromatic nitrogens is 2. The lowest BCUT2D eigenvalue weighted by Crippen LogP contribution is -2.01. The Morgan fingerprint density at radius 2 is 2.24 bits per heavy atom. The largest absolute Gasteiger partial charge is 0.378 e. The molecule has 3 nitrogen and oxygen atoms in total. The van der Waals surface area contributed by atoms with Crippen LogP contribution in [0, 0.1) is 12.7 Å². The second-order valence-corrected chi connectivity index (χ2v) is 4.03. The number of halogens is 1. The molecule has 0 aliphatic rings. The highest BCUT2D eigenvalue weighted by Crippen LogP contribution is 2.13. The topological polar surface area (TPSA) is 29.9 Å². The summed E-state index contributed by atoms with van der Waals surface area (Å²) in [7, 11) is 0. The molecule has 0 atom stereocenters. The molecule has 4 heteroatoms. The van der Waals surface area contributed by atoms with Crippen molar-refractivity contribution in [2.45, 2.75) is 26.9 Å². The predicted octanol–water partition coefficient (Wildman–Crippen LogP) is 2.96. The third kappa shape index (κ3) is 2.84. The van der Waals surface area contributed by atoms with Gasteiger partial charge in [0.25, 0.3) is 0 Å². The number of aryl methyl sites for hydroxylation is 2. The van der Waals surface area contributed by atoms with Gasteiger partial charge >= 0.3 is 0 Å². The Bertz CT molecular complexity index is 505. The maximum atomic E-state index is 13.5. The van der Waals surface area contributed by atoms with Crippen LogP contribution in [-0.4, -0.2) is 9.78 Å². The summed E-state index contributed by atoms with van der Waals surface area (Å²) < 4.78 is 15.3. The minimum atomic E-state index is -0.175. The van der Waals surface area contributed by atoms with Crippen molar-refractivity contribution in [1.29, 1.82) is 0 Å². The molecule has 0 aliphatic heterocycles. The van der Waals surface area contributed by atoms with Crippen LogP contribution in [0.2, 0.25) is 0 Å². The zero-order chi connectivity index (χ0) is 12.3. The van der Waals surface area contributed by atoms with E-state index in [9.17, 15) is 4.39 Å². The molecule has 1 aromatic heterocycles. The third-order valence-electron chi connectivity index (χ3n) is 2.64. The quantitative estimate of drug-likeness (QED) is 0.879. The highest BCUT2D eigenvalue weighted by molar-refractivity contribution is 5.39.